The molecule has 0 fully saturated rings. The van der Waals surface area contributed by atoms with Crippen LogP contribution in [-0.2, 0) is 0 Å². The predicted octanol–water partition coefficient (Wildman–Crippen LogP) is 1.82. The molecule has 0 radical (unpaired) electrons. The number of rotatable bonds is 1. The quantitative estimate of drug-likeness (QED) is 0.582. The van der Waals surface area contributed by atoms with Crippen LogP contribution >= 0.6 is 0 Å². The van der Waals surface area contributed by atoms with Crippen LogP contribution in [-0.4, -0.2) is 28.2 Å². The van der Waals surface area contributed by atoms with Crippen molar-refractivity contribution in [3.05, 3.63) is 22.2 Å². The van der Waals surface area contributed by atoms with Crippen LogP contribution in [0.2, 0.25) is 19.6 Å². The molecular weight excluding hydrogens is 199 g/mol. The first-order chi connectivity index (χ1) is 4.61. The summed E-state index contributed by atoms with van der Waals surface area (Å²) >= 11 is 0.397. The van der Waals surface area contributed by atoms with Gasteiger partial charge in [-0.1, -0.05) is 0 Å². The summed E-state index contributed by atoms with van der Waals surface area (Å²) < 4.78 is 0. The molecule has 1 rings (SSSR count). The van der Waals surface area contributed by atoms with Crippen LogP contribution < -0.4 is 0 Å². The Morgan fingerprint density at radius 3 is 2.30 bits per heavy atom. The normalized spacial score (nSPS) is 18.9. The van der Waals surface area contributed by atoms with Crippen molar-refractivity contribution in [2.24, 2.45) is 0 Å². The van der Waals surface area contributed by atoms with Crippen LogP contribution in [0, 0.1) is 0 Å². The molecule has 1 aliphatic heterocycles. The molecule has 0 saturated carbocycles. The van der Waals surface area contributed by atoms with Gasteiger partial charge in [-0.25, -0.2) is 0 Å². The molecule has 0 bridgehead atoms. The number of hydrogen-bond donors (Lipinski definition) is 0. The van der Waals surface area contributed by atoms with Gasteiger partial charge in [-0.2, -0.15) is 0 Å². The van der Waals surface area contributed by atoms with E-state index in [-0.39, 0.29) is 0 Å². The Labute approximate surface area is 70.3 Å². The van der Waals surface area contributed by atoms with Gasteiger partial charge in [-0.3, -0.25) is 0 Å². The van der Waals surface area contributed by atoms with Crippen molar-refractivity contribution in [1.82, 2.24) is 0 Å². The average Bonchev–Trinajstić information content (AvgIpc) is 1.88. The zero-order valence-electron chi connectivity index (χ0n) is 6.76. The van der Waals surface area contributed by atoms with Gasteiger partial charge in [0.15, 0.2) is 0 Å². The zero-order valence-corrected chi connectivity index (χ0v) is 9.63. The summed E-state index contributed by atoms with van der Waals surface area (Å²) in [6.07, 6.45) is 4.50. The summed E-state index contributed by atoms with van der Waals surface area (Å²) in [5, 5.41) is 1.63. The van der Waals surface area contributed by atoms with Crippen molar-refractivity contribution < 1.29 is 0 Å². The van der Waals surface area contributed by atoms with E-state index in [0.29, 0.717) is 15.3 Å². The Balaban J connectivity index is 2.85. The van der Waals surface area contributed by atoms with Gasteiger partial charge in [0, 0.05) is 0 Å². The first kappa shape index (κ1) is 8.22. The maximum absolute atomic E-state index is 2.45. The first-order valence-electron chi connectivity index (χ1n) is 3.51. The van der Waals surface area contributed by atoms with Crippen molar-refractivity contribution >= 4 is 28.2 Å². The molecule has 0 nitrogen and oxygen atoms in total. The fourth-order valence-corrected chi connectivity index (χ4v) is 5.70. The predicted molar refractivity (Wildman–Crippen MR) is 52.4 cm³/mol. The van der Waals surface area contributed by atoms with E-state index < -0.39 is 8.07 Å². The third kappa shape index (κ3) is 2.07. The minimum absolute atomic E-state index is 0.397. The van der Waals surface area contributed by atoms with Crippen LogP contribution in [0.5, 0.6) is 0 Å². The molecule has 0 saturated heterocycles. The first-order valence-corrected chi connectivity index (χ1v) is 9.18. The van der Waals surface area contributed by atoms with Crippen molar-refractivity contribution in [3.8, 4) is 0 Å². The van der Waals surface area contributed by atoms with Crippen LogP contribution in [0.25, 0.3) is 0 Å². The van der Waals surface area contributed by atoms with Gasteiger partial charge in [0.25, 0.3) is 0 Å². The van der Waals surface area contributed by atoms with Crippen LogP contribution in [0.4, 0.5) is 0 Å². The van der Waals surface area contributed by atoms with Gasteiger partial charge < -0.3 is 0 Å². The van der Waals surface area contributed by atoms with Gasteiger partial charge in [-0.05, 0) is 0 Å². The van der Waals surface area contributed by atoms with Crippen molar-refractivity contribution in [3.63, 3.8) is 0 Å². The van der Waals surface area contributed by atoms with E-state index in [4.69, 9.17) is 0 Å². The summed E-state index contributed by atoms with van der Waals surface area (Å²) in [6, 6.07) is 0. The van der Waals surface area contributed by atoms with Crippen molar-refractivity contribution in [2.45, 2.75) is 19.6 Å². The topological polar surface area (TPSA) is 0 Å². The Kier molecular flexibility index (Phi) is 2.48. The van der Waals surface area contributed by atoms with E-state index in [2.05, 4.69) is 41.5 Å². The fourth-order valence-electron chi connectivity index (χ4n) is 0.806. The van der Waals surface area contributed by atoms with Crippen LogP contribution in [0.15, 0.2) is 22.2 Å². The van der Waals surface area contributed by atoms with Gasteiger partial charge in [0.1, 0.15) is 0 Å². The van der Waals surface area contributed by atoms with E-state index in [0.717, 1.165) is 0 Å². The molecule has 0 atom stereocenters. The molecule has 0 aromatic heterocycles. The van der Waals surface area contributed by atoms with Crippen molar-refractivity contribution in [1.29, 1.82) is 0 Å². The second kappa shape index (κ2) is 3.02. The van der Waals surface area contributed by atoms with Gasteiger partial charge in [0.05, 0.1) is 0 Å². The molecule has 54 valence electrons. The van der Waals surface area contributed by atoms with Gasteiger partial charge in [-0.15, -0.1) is 0 Å². The second-order valence-corrected chi connectivity index (χ2v) is 10.4. The Bertz CT molecular complexity index is 206. The summed E-state index contributed by atoms with van der Waals surface area (Å²) in [5.41, 5.74) is 0. The fraction of sp³-hybridized carbons (Fsp3) is 0.375. The van der Waals surface area contributed by atoms with E-state index in [1.807, 2.05) is 0 Å². The van der Waals surface area contributed by atoms with Gasteiger partial charge >= 0.3 is 70.0 Å². The van der Waals surface area contributed by atoms with Crippen LogP contribution in [0.3, 0.4) is 0 Å². The third-order valence-corrected chi connectivity index (χ3v) is 5.72. The Morgan fingerprint density at radius 2 is 2.00 bits per heavy atom. The molecule has 10 heavy (non-hydrogen) atoms. The van der Waals surface area contributed by atoms with E-state index >= 15 is 0 Å². The summed E-state index contributed by atoms with van der Waals surface area (Å²) in [6.45, 7) is 7.20. The third-order valence-electron chi connectivity index (χ3n) is 1.53. The Hall–Kier alpha value is 0.125. The number of hydrogen-bond acceptors (Lipinski definition) is 0. The SMILES string of the molecule is C[Si](C)(C)C1=CC=C[As]=C1. The number of allylic oxidation sites excluding steroid dienone is 3. The van der Waals surface area contributed by atoms with E-state index in [9.17, 15) is 0 Å². The molecule has 0 aromatic rings. The molecule has 0 aliphatic carbocycles. The molecule has 0 N–H and O–H groups in total. The Morgan fingerprint density at radius 1 is 1.30 bits per heavy atom. The average molecular weight is 212 g/mol. The zero-order chi connectivity index (χ0) is 7.61. The minimum atomic E-state index is -0.979. The van der Waals surface area contributed by atoms with Crippen molar-refractivity contribution in [2.75, 3.05) is 0 Å². The van der Waals surface area contributed by atoms with Gasteiger partial charge in [0.2, 0.25) is 0 Å². The molecular formula is C8H13AsSi. The summed E-state index contributed by atoms with van der Waals surface area (Å²) in [5.74, 6) is 0. The molecule has 0 amide bonds. The molecule has 0 spiro atoms. The van der Waals surface area contributed by atoms with E-state index in [1.165, 1.54) is 0 Å². The molecule has 0 aromatic carbocycles. The summed E-state index contributed by atoms with van der Waals surface area (Å²) in [7, 11) is -0.979. The molecule has 0 unspecified atom stereocenters. The molecule has 1 heterocycles. The van der Waals surface area contributed by atoms with Crippen LogP contribution in [0.1, 0.15) is 0 Å². The molecule has 1 aliphatic rings. The summed E-state index contributed by atoms with van der Waals surface area (Å²) in [4.78, 5) is 4.74. The standard InChI is InChI=1S/C8H13AsSi/c1-10(2,3)8-5-4-6-9-7-8/h4-7H,1-3H3. The molecule has 2 heteroatoms. The monoisotopic (exact) mass is 212 g/mol. The maximum atomic E-state index is 2.45. The second-order valence-electron chi connectivity index (χ2n) is 3.49. The van der Waals surface area contributed by atoms with E-state index in [1.54, 1.807) is 5.20 Å².